The zero-order valence-corrected chi connectivity index (χ0v) is 9.30. The highest BCUT2D eigenvalue weighted by Gasteiger charge is 2.09. The number of methoxy groups -OCH3 is 1. The van der Waals surface area contributed by atoms with Crippen molar-refractivity contribution >= 4 is 11.1 Å². The number of ether oxygens (including phenoxy) is 1. The van der Waals surface area contributed by atoms with Crippen molar-refractivity contribution in [2.24, 2.45) is 0 Å². The maximum atomic E-state index is 10.8. The van der Waals surface area contributed by atoms with Crippen LogP contribution in [0.25, 0.3) is 0 Å². The lowest BCUT2D eigenvalue weighted by Gasteiger charge is -2.11. The van der Waals surface area contributed by atoms with Gasteiger partial charge in [0.2, 0.25) is 0 Å². The molecule has 0 aliphatic heterocycles. The minimum absolute atomic E-state index is 0.339. The molecule has 1 atom stereocenters. The van der Waals surface area contributed by atoms with Gasteiger partial charge in [0, 0.05) is 0 Å². The third-order valence-electron chi connectivity index (χ3n) is 2.03. The average molecular weight is 214 g/mol. The highest BCUT2D eigenvalue weighted by Crippen LogP contribution is 2.27. The molecule has 1 N–H and O–H groups in total. The van der Waals surface area contributed by atoms with Gasteiger partial charge in [-0.25, -0.2) is 4.21 Å². The topological polar surface area (TPSA) is 46.5 Å². The Balaban J connectivity index is 3.18. The van der Waals surface area contributed by atoms with E-state index in [0.29, 0.717) is 16.6 Å². The third kappa shape index (κ3) is 2.33. The summed E-state index contributed by atoms with van der Waals surface area (Å²) < 4.78 is 24.8. The first kappa shape index (κ1) is 11.2. The standard InChI is InChI=1S/C10H14O3S/c1-7(2)9-5-4-8(14(11)12)6-10(9)13-3/h4-7H,1-3H3,(H,11,12). The van der Waals surface area contributed by atoms with Crippen LogP contribution in [-0.4, -0.2) is 15.9 Å². The summed E-state index contributed by atoms with van der Waals surface area (Å²) >= 11 is -1.94. The predicted octanol–water partition coefficient (Wildman–Crippen LogP) is 2.40. The molecule has 0 radical (unpaired) electrons. The lowest BCUT2D eigenvalue weighted by molar-refractivity contribution is 0.406. The van der Waals surface area contributed by atoms with Gasteiger partial charge in [0.15, 0.2) is 11.1 Å². The molecule has 1 rings (SSSR count). The molecule has 0 bridgehead atoms. The number of hydrogen-bond donors (Lipinski definition) is 1. The van der Waals surface area contributed by atoms with Crippen molar-refractivity contribution in [2.45, 2.75) is 24.7 Å². The van der Waals surface area contributed by atoms with Crippen molar-refractivity contribution in [3.05, 3.63) is 23.8 Å². The molecule has 0 aromatic heterocycles. The highest BCUT2D eigenvalue weighted by molar-refractivity contribution is 7.79. The van der Waals surface area contributed by atoms with E-state index < -0.39 is 11.1 Å². The number of benzene rings is 1. The second kappa shape index (κ2) is 4.57. The molecule has 0 amide bonds. The van der Waals surface area contributed by atoms with Crippen molar-refractivity contribution in [1.82, 2.24) is 0 Å². The van der Waals surface area contributed by atoms with E-state index in [0.717, 1.165) is 5.56 Å². The SMILES string of the molecule is COc1cc(S(=O)O)ccc1C(C)C. The van der Waals surface area contributed by atoms with Gasteiger partial charge in [0.25, 0.3) is 0 Å². The molecule has 78 valence electrons. The van der Waals surface area contributed by atoms with E-state index in [-0.39, 0.29) is 0 Å². The Morgan fingerprint density at radius 2 is 2.07 bits per heavy atom. The average Bonchev–Trinajstić information content (AvgIpc) is 2.16. The summed E-state index contributed by atoms with van der Waals surface area (Å²) in [5.41, 5.74) is 1.04. The zero-order chi connectivity index (χ0) is 10.7. The molecular weight excluding hydrogens is 200 g/mol. The summed E-state index contributed by atoms with van der Waals surface area (Å²) in [6.45, 7) is 4.10. The van der Waals surface area contributed by atoms with Gasteiger partial charge in [0.1, 0.15) is 5.75 Å². The molecule has 4 heteroatoms. The van der Waals surface area contributed by atoms with Crippen LogP contribution < -0.4 is 4.74 Å². The van der Waals surface area contributed by atoms with Gasteiger partial charge in [-0.15, -0.1) is 0 Å². The molecule has 0 saturated heterocycles. The van der Waals surface area contributed by atoms with Crippen LogP contribution in [0, 0.1) is 0 Å². The summed E-state index contributed by atoms with van der Waals surface area (Å²) in [5.74, 6) is 1.01. The first-order chi connectivity index (χ1) is 6.56. The molecule has 1 unspecified atom stereocenters. The Labute approximate surface area is 86.4 Å². The molecule has 0 saturated carbocycles. The van der Waals surface area contributed by atoms with Gasteiger partial charge in [-0.3, -0.25) is 0 Å². The molecule has 3 nitrogen and oxygen atoms in total. The normalized spacial score (nSPS) is 12.9. The molecule has 14 heavy (non-hydrogen) atoms. The predicted molar refractivity (Wildman–Crippen MR) is 56.1 cm³/mol. The van der Waals surface area contributed by atoms with Crippen molar-refractivity contribution in [2.75, 3.05) is 7.11 Å². The molecule has 1 aromatic carbocycles. The van der Waals surface area contributed by atoms with E-state index in [9.17, 15) is 4.21 Å². The van der Waals surface area contributed by atoms with E-state index >= 15 is 0 Å². The summed E-state index contributed by atoms with van der Waals surface area (Å²) in [7, 11) is 1.56. The van der Waals surface area contributed by atoms with E-state index in [4.69, 9.17) is 9.29 Å². The van der Waals surface area contributed by atoms with E-state index in [1.807, 2.05) is 19.9 Å². The summed E-state index contributed by atoms with van der Waals surface area (Å²) in [6, 6.07) is 5.08. The Morgan fingerprint density at radius 1 is 1.43 bits per heavy atom. The van der Waals surface area contributed by atoms with E-state index in [1.165, 1.54) is 0 Å². The van der Waals surface area contributed by atoms with Crippen LogP contribution in [0.15, 0.2) is 23.1 Å². The second-order valence-corrected chi connectivity index (χ2v) is 4.28. The molecule has 0 aliphatic carbocycles. The van der Waals surface area contributed by atoms with Gasteiger partial charge in [0.05, 0.1) is 12.0 Å². The molecular formula is C10H14O3S. The highest BCUT2D eigenvalue weighted by atomic mass is 32.2. The van der Waals surface area contributed by atoms with Gasteiger partial charge >= 0.3 is 0 Å². The smallest absolute Gasteiger partial charge is 0.186 e. The number of hydrogen-bond acceptors (Lipinski definition) is 2. The Hall–Kier alpha value is -0.870. The number of rotatable bonds is 3. The van der Waals surface area contributed by atoms with Gasteiger partial charge < -0.3 is 9.29 Å². The van der Waals surface area contributed by atoms with Gasteiger partial charge in [-0.05, 0) is 23.6 Å². The largest absolute Gasteiger partial charge is 0.496 e. The summed E-state index contributed by atoms with van der Waals surface area (Å²) in [5, 5.41) is 0. The van der Waals surface area contributed by atoms with Crippen LogP contribution in [0.1, 0.15) is 25.3 Å². The van der Waals surface area contributed by atoms with Crippen LogP contribution in [-0.2, 0) is 11.1 Å². The fourth-order valence-corrected chi connectivity index (χ4v) is 1.67. The van der Waals surface area contributed by atoms with Crippen molar-refractivity contribution in [1.29, 1.82) is 0 Å². The lowest BCUT2D eigenvalue weighted by atomic mass is 10.0. The fourth-order valence-electron chi connectivity index (χ4n) is 1.28. The van der Waals surface area contributed by atoms with Gasteiger partial charge in [-0.1, -0.05) is 19.9 Å². The second-order valence-electron chi connectivity index (χ2n) is 3.31. The lowest BCUT2D eigenvalue weighted by Crippen LogP contribution is -1.97. The molecule has 0 fully saturated rings. The van der Waals surface area contributed by atoms with Crippen LogP contribution in [0.4, 0.5) is 0 Å². The van der Waals surface area contributed by atoms with Crippen LogP contribution in [0.2, 0.25) is 0 Å². The Kier molecular flexibility index (Phi) is 3.66. The molecule has 0 aliphatic rings. The minimum Gasteiger partial charge on any atom is -0.496 e. The van der Waals surface area contributed by atoms with Gasteiger partial charge in [-0.2, -0.15) is 0 Å². The van der Waals surface area contributed by atoms with Crippen LogP contribution >= 0.6 is 0 Å². The monoisotopic (exact) mass is 214 g/mol. The first-order valence-electron chi connectivity index (χ1n) is 4.35. The maximum Gasteiger partial charge on any atom is 0.186 e. The minimum atomic E-state index is -1.94. The van der Waals surface area contributed by atoms with Crippen LogP contribution in [0.3, 0.4) is 0 Å². The Bertz CT molecular complexity index is 347. The van der Waals surface area contributed by atoms with Crippen molar-refractivity contribution < 1.29 is 13.5 Å². The molecule has 0 heterocycles. The summed E-state index contributed by atoms with van der Waals surface area (Å²) in [6.07, 6.45) is 0. The zero-order valence-electron chi connectivity index (χ0n) is 8.48. The van der Waals surface area contributed by atoms with E-state index in [1.54, 1.807) is 19.2 Å². The first-order valence-corrected chi connectivity index (χ1v) is 5.45. The Morgan fingerprint density at radius 3 is 2.50 bits per heavy atom. The molecule has 0 spiro atoms. The van der Waals surface area contributed by atoms with E-state index in [2.05, 4.69) is 0 Å². The fraction of sp³-hybridized carbons (Fsp3) is 0.400. The third-order valence-corrected chi connectivity index (χ3v) is 2.69. The maximum absolute atomic E-state index is 10.8. The van der Waals surface area contributed by atoms with Crippen molar-refractivity contribution in [3.63, 3.8) is 0 Å². The van der Waals surface area contributed by atoms with Crippen LogP contribution in [0.5, 0.6) is 5.75 Å². The molecule has 1 aromatic rings. The quantitative estimate of drug-likeness (QED) is 0.786. The van der Waals surface area contributed by atoms with Crippen molar-refractivity contribution in [3.8, 4) is 5.75 Å². The summed E-state index contributed by atoms with van der Waals surface area (Å²) in [4.78, 5) is 0.367.